The molecule has 9 rings (SSSR count). The van der Waals surface area contributed by atoms with Crippen molar-refractivity contribution in [1.82, 2.24) is 9.97 Å². The van der Waals surface area contributed by atoms with Crippen LogP contribution in [0, 0.1) is 6.92 Å². The molecule has 5 N–H and O–H groups in total. The van der Waals surface area contributed by atoms with Gasteiger partial charge in [-0.3, -0.25) is 14.7 Å². The van der Waals surface area contributed by atoms with E-state index in [1.165, 1.54) is 16.5 Å². The number of aryl methyl sites for hydroxylation is 2. The summed E-state index contributed by atoms with van der Waals surface area (Å²) in [7, 11) is 0. The van der Waals surface area contributed by atoms with Crippen LogP contribution in [-0.2, 0) is 27.2 Å². The first-order chi connectivity index (χ1) is 27.9. The number of nitrogen functional groups attached to an aromatic ring is 1. The molecule has 3 aromatic heterocycles. The molecular formula is C45H51N6O7+. The van der Waals surface area contributed by atoms with Gasteiger partial charge in [-0.25, -0.2) is 14.8 Å². The van der Waals surface area contributed by atoms with Gasteiger partial charge in [-0.2, -0.15) is 0 Å². The van der Waals surface area contributed by atoms with Gasteiger partial charge in [0.05, 0.1) is 23.1 Å². The molecule has 58 heavy (non-hydrogen) atoms. The Balaban J connectivity index is 0.915. The molecule has 0 bridgehead atoms. The van der Waals surface area contributed by atoms with Gasteiger partial charge >= 0.3 is 5.97 Å². The molecule has 8 heterocycles. The molecule has 0 radical (unpaired) electrons. The summed E-state index contributed by atoms with van der Waals surface area (Å²) in [6, 6.07) is 11.1. The summed E-state index contributed by atoms with van der Waals surface area (Å²) in [5.74, 6) is 1.10. The fraction of sp³-hybridized carbons (Fsp3) is 0.444. The zero-order chi connectivity index (χ0) is 40.3. The fourth-order valence-corrected chi connectivity index (χ4v) is 9.37. The van der Waals surface area contributed by atoms with Crippen molar-refractivity contribution in [2.24, 2.45) is 4.99 Å². The third-order valence-electron chi connectivity index (χ3n) is 12.2. The lowest BCUT2D eigenvalue weighted by Gasteiger charge is -2.45. The molecule has 5 aliphatic rings. The second kappa shape index (κ2) is 14.7. The number of anilines is 2. The first-order valence-corrected chi connectivity index (χ1v) is 20.6. The van der Waals surface area contributed by atoms with E-state index >= 15 is 0 Å². The number of unbranched alkanes of at least 4 members (excludes halogenated alkanes) is 2. The van der Waals surface area contributed by atoms with Crippen molar-refractivity contribution in [3.8, 4) is 22.8 Å². The number of rotatable bonds is 11. The average molecular weight is 788 g/mol. The number of epoxide rings is 1. The Morgan fingerprint density at radius 3 is 2.78 bits per heavy atom. The molecule has 5 aliphatic heterocycles. The molecular weight excluding hydrogens is 737 g/mol. The molecule has 13 heteroatoms. The zero-order valence-electron chi connectivity index (χ0n) is 33.5. The van der Waals surface area contributed by atoms with Crippen LogP contribution in [0.5, 0.6) is 11.5 Å². The molecule has 1 unspecified atom stereocenters. The number of carbonyl (C=O) groups excluding carboxylic acids is 1. The molecule has 1 aromatic carbocycles. The number of phenols is 1. The second-order valence-electron chi connectivity index (χ2n) is 17.0. The molecule has 13 nitrogen and oxygen atoms in total. The Kier molecular flexibility index (Phi) is 9.63. The van der Waals surface area contributed by atoms with Gasteiger partial charge in [0.1, 0.15) is 76.6 Å². The fourth-order valence-electron chi connectivity index (χ4n) is 9.37. The van der Waals surface area contributed by atoms with Crippen molar-refractivity contribution < 1.29 is 33.4 Å². The molecule has 2 saturated heterocycles. The van der Waals surface area contributed by atoms with E-state index in [-0.39, 0.29) is 34.2 Å². The van der Waals surface area contributed by atoms with E-state index < -0.39 is 23.3 Å². The van der Waals surface area contributed by atoms with E-state index in [2.05, 4.69) is 41.6 Å². The summed E-state index contributed by atoms with van der Waals surface area (Å²) < 4.78 is 24.8. The predicted octanol–water partition coefficient (Wildman–Crippen LogP) is 5.82. The Morgan fingerprint density at radius 2 is 1.95 bits per heavy atom. The number of hydrogen-bond acceptors (Lipinski definition) is 12. The topological polar surface area (TPSA) is 179 Å². The van der Waals surface area contributed by atoms with Gasteiger partial charge in [0, 0.05) is 41.9 Å². The molecule has 0 amide bonds. The SMILES string of the molecule is CCCCCNc1cc(-c2cc(CC[C@@H]3O[C@@]34CCC[C@@H]3c5c(cc6oc(C)cc(=O)c6c5O)OC(C)(C)[C@@H]3OC4=O)cc(N)n2)cc(C[NH+]2C=C3C=CN=C3C2)n1. The molecule has 302 valence electrons. The van der Waals surface area contributed by atoms with E-state index in [0.29, 0.717) is 61.5 Å². The van der Waals surface area contributed by atoms with Crippen LogP contribution in [0.4, 0.5) is 11.6 Å². The van der Waals surface area contributed by atoms with Gasteiger partial charge in [0.25, 0.3) is 0 Å². The highest BCUT2D eigenvalue weighted by molar-refractivity contribution is 6.06. The Labute approximate surface area is 337 Å². The third kappa shape index (κ3) is 7.04. The number of quaternary nitrogens is 1. The highest BCUT2D eigenvalue weighted by atomic mass is 16.7. The lowest BCUT2D eigenvalue weighted by atomic mass is 9.76. The number of phenolic OH excluding ortho intramolecular Hbond substituents is 1. The lowest BCUT2D eigenvalue weighted by Crippen LogP contribution is -3.05. The molecule has 5 atom stereocenters. The number of esters is 1. The van der Waals surface area contributed by atoms with E-state index in [0.717, 1.165) is 66.4 Å². The van der Waals surface area contributed by atoms with Gasteiger partial charge < -0.3 is 34.8 Å². The maximum Gasteiger partial charge on any atom is 0.341 e. The summed E-state index contributed by atoms with van der Waals surface area (Å²) >= 11 is 0. The monoisotopic (exact) mass is 787 g/mol. The highest BCUT2D eigenvalue weighted by Gasteiger charge is 2.65. The van der Waals surface area contributed by atoms with Crippen molar-refractivity contribution in [2.75, 3.05) is 24.1 Å². The summed E-state index contributed by atoms with van der Waals surface area (Å²) in [6.07, 6.45) is 11.4. The van der Waals surface area contributed by atoms with Crippen LogP contribution in [0.2, 0.25) is 0 Å². The number of fused-ring (bicyclic) bond motifs is 5. The summed E-state index contributed by atoms with van der Waals surface area (Å²) in [6.45, 7) is 10.0. The van der Waals surface area contributed by atoms with E-state index in [4.69, 9.17) is 34.3 Å². The Bertz CT molecular complexity index is 2470. The number of aromatic hydroxyl groups is 1. The number of nitrogens with two attached hydrogens (primary N) is 1. The standard InChI is InChI=1S/C45H50N6O7/c1-5-6-7-14-48-38-20-28(19-29(49-38)23-51-22-27-12-15-47-32(27)24-51)31-17-26(18-37(46)50-31)10-11-36-45(58-36)13-8-9-30-39-35(57-44(3,4)42(30)56-43(45)54)21-34-40(41(39)53)33(52)16-25(2)55-34/h12,15-22,30,36,42,53H,5-11,13-14,23-24H2,1-4H3,(H2,46,50)(H,48,49)/p+1/t30-,36+,42-,45+/m1/s1. The number of allylic oxidation sites excluding steroid dienone is 1. The number of ether oxygens (including phenoxy) is 3. The summed E-state index contributed by atoms with van der Waals surface area (Å²) in [5, 5.41) is 15.1. The number of nitrogens with zero attached hydrogens (tertiary/aromatic N) is 3. The van der Waals surface area contributed by atoms with Gasteiger partial charge in [0.15, 0.2) is 11.0 Å². The van der Waals surface area contributed by atoms with Crippen molar-refractivity contribution in [1.29, 1.82) is 0 Å². The van der Waals surface area contributed by atoms with Crippen molar-refractivity contribution in [3.63, 3.8) is 0 Å². The van der Waals surface area contributed by atoms with Crippen LogP contribution in [0.1, 0.15) is 94.2 Å². The smallest absolute Gasteiger partial charge is 0.341 e. The zero-order valence-corrected chi connectivity index (χ0v) is 33.5. The number of benzene rings is 1. The minimum atomic E-state index is -1.06. The maximum atomic E-state index is 14.1. The van der Waals surface area contributed by atoms with Crippen LogP contribution >= 0.6 is 0 Å². The maximum absolute atomic E-state index is 14.1. The Morgan fingerprint density at radius 1 is 1.09 bits per heavy atom. The minimum Gasteiger partial charge on any atom is -0.507 e. The number of pyridine rings is 2. The van der Waals surface area contributed by atoms with Crippen molar-refractivity contribution >= 4 is 34.3 Å². The molecule has 1 spiro atoms. The van der Waals surface area contributed by atoms with Crippen LogP contribution in [0.25, 0.3) is 22.2 Å². The second-order valence-corrected chi connectivity index (χ2v) is 17.0. The number of nitrogens with one attached hydrogen (secondary N) is 2. The number of carbonyl (C=O) groups is 1. The quantitative estimate of drug-likeness (QED) is 0.0818. The summed E-state index contributed by atoms with van der Waals surface area (Å²) in [5.41, 5.74) is 10.8. The average Bonchev–Trinajstić information content (AvgIpc) is 3.49. The van der Waals surface area contributed by atoms with E-state index in [1.807, 2.05) is 32.2 Å². The van der Waals surface area contributed by atoms with Crippen molar-refractivity contribution in [3.05, 3.63) is 93.3 Å². The van der Waals surface area contributed by atoms with Crippen molar-refractivity contribution in [2.45, 2.75) is 115 Å². The van der Waals surface area contributed by atoms with Gasteiger partial charge in [0.2, 0.25) is 0 Å². The van der Waals surface area contributed by atoms with Crippen LogP contribution in [0.15, 0.2) is 74.7 Å². The van der Waals surface area contributed by atoms with Crippen LogP contribution in [0.3, 0.4) is 0 Å². The van der Waals surface area contributed by atoms with Gasteiger partial charge in [-0.05, 0) is 95.2 Å². The predicted molar refractivity (Wildman–Crippen MR) is 220 cm³/mol. The largest absolute Gasteiger partial charge is 0.507 e. The lowest BCUT2D eigenvalue weighted by molar-refractivity contribution is -0.848. The van der Waals surface area contributed by atoms with E-state index in [1.54, 1.807) is 13.0 Å². The molecule has 4 aromatic rings. The van der Waals surface area contributed by atoms with Crippen LogP contribution in [-0.4, -0.2) is 63.3 Å². The molecule has 0 aliphatic carbocycles. The first kappa shape index (κ1) is 38.0. The number of aromatic nitrogens is 2. The van der Waals surface area contributed by atoms with E-state index in [9.17, 15) is 14.7 Å². The van der Waals surface area contributed by atoms with Gasteiger partial charge in [-0.15, -0.1) is 0 Å². The highest BCUT2D eigenvalue weighted by Crippen LogP contribution is 2.54. The molecule has 2 fully saturated rings. The Hall–Kier alpha value is -5.53. The normalized spacial score (nSPS) is 25.2. The minimum absolute atomic E-state index is 0.0992. The first-order valence-electron chi connectivity index (χ1n) is 20.6. The number of hydrogen-bond donors (Lipinski definition) is 4. The third-order valence-corrected chi connectivity index (χ3v) is 12.2. The molecule has 0 saturated carbocycles. The van der Waals surface area contributed by atoms with Crippen LogP contribution < -0.4 is 26.1 Å². The summed E-state index contributed by atoms with van der Waals surface area (Å²) in [4.78, 5) is 42.6. The van der Waals surface area contributed by atoms with Gasteiger partial charge in [-0.1, -0.05) is 19.8 Å². The number of aliphatic imine (C=N–C) groups is 1.